The fourth-order valence-electron chi connectivity index (χ4n) is 1.23. The second kappa shape index (κ2) is 3.40. The van der Waals surface area contributed by atoms with Gasteiger partial charge in [0, 0.05) is 18.1 Å². The highest BCUT2D eigenvalue weighted by Gasteiger charge is 2.45. The van der Waals surface area contributed by atoms with Crippen molar-refractivity contribution in [3.63, 3.8) is 0 Å². The van der Waals surface area contributed by atoms with Crippen LogP contribution in [0.15, 0.2) is 23.9 Å². The molecule has 0 amide bonds. The molecule has 0 saturated carbocycles. The fourth-order valence-corrected chi connectivity index (χ4v) is 2.01. The van der Waals surface area contributed by atoms with Crippen molar-refractivity contribution in [3.05, 3.63) is 34.0 Å². The minimum Gasteiger partial charge on any atom is -0.369 e. The van der Waals surface area contributed by atoms with Gasteiger partial charge >= 0.3 is 0 Å². The van der Waals surface area contributed by atoms with Gasteiger partial charge in [-0.15, -0.1) is 0 Å². The van der Waals surface area contributed by atoms with E-state index in [-0.39, 0.29) is 5.70 Å². The molecule has 0 aromatic heterocycles. The van der Waals surface area contributed by atoms with Crippen LogP contribution in [0.4, 0.5) is 0 Å². The molecule has 15 heavy (non-hydrogen) atoms. The molecule has 0 radical (unpaired) electrons. The Balaban J connectivity index is 3.17. The van der Waals surface area contributed by atoms with Crippen molar-refractivity contribution in [2.75, 3.05) is 0 Å². The Morgan fingerprint density at radius 1 is 1.60 bits per heavy atom. The zero-order chi connectivity index (χ0) is 11.9. The van der Waals surface area contributed by atoms with Crippen LogP contribution in [-0.4, -0.2) is 27.9 Å². The van der Waals surface area contributed by atoms with E-state index in [1.807, 2.05) is 0 Å². The standard InChI is InChI=1S/C7H9NO6S/c1-5-4-6(8(10)11)2-3-7(5,9)15(12,13)14/h2-5,9H,1H3,(H,12,13,14). The molecule has 84 valence electrons. The van der Waals surface area contributed by atoms with Crippen molar-refractivity contribution < 1.29 is 23.0 Å². The lowest BCUT2D eigenvalue weighted by molar-refractivity contribution is -0.420. The number of hydrogen-bond donors (Lipinski definition) is 2. The molecule has 1 aliphatic carbocycles. The summed E-state index contributed by atoms with van der Waals surface area (Å²) in [6.45, 7) is 1.25. The van der Waals surface area contributed by atoms with Gasteiger partial charge in [-0.3, -0.25) is 14.7 Å². The Morgan fingerprint density at radius 2 is 2.13 bits per heavy atom. The second-order valence-electron chi connectivity index (χ2n) is 3.20. The van der Waals surface area contributed by atoms with Crippen molar-refractivity contribution >= 4 is 10.1 Å². The molecule has 2 N–H and O–H groups in total. The first-order valence-electron chi connectivity index (χ1n) is 3.93. The van der Waals surface area contributed by atoms with E-state index in [4.69, 9.17) is 4.55 Å². The van der Waals surface area contributed by atoms with E-state index in [1.54, 1.807) is 0 Å². The number of hydrogen-bond acceptors (Lipinski definition) is 5. The third kappa shape index (κ3) is 1.91. The third-order valence-electron chi connectivity index (χ3n) is 2.19. The SMILES string of the molecule is CC1C=C([N+](=O)[O-])C=CC1(O)S(=O)(=O)O. The van der Waals surface area contributed by atoms with Crippen LogP contribution in [0.1, 0.15) is 6.92 Å². The molecule has 7 nitrogen and oxygen atoms in total. The van der Waals surface area contributed by atoms with E-state index in [0.717, 1.165) is 12.2 Å². The smallest absolute Gasteiger partial charge is 0.299 e. The molecule has 8 heteroatoms. The van der Waals surface area contributed by atoms with Crippen LogP contribution in [0.25, 0.3) is 0 Å². The first-order valence-corrected chi connectivity index (χ1v) is 5.37. The molecule has 0 heterocycles. The normalized spacial score (nSPS) is 31.1. The highest BCUT2D eigenvalue weighted by molar-refractivity contribution is 7.87. The zero-order valence-corrected chi connectivity index (χ0v) is 8.51. The van der Waals surface area contributed by atoms with Gasteiger partial charge in [-0.2, -0.15) is 8.42 Å². The molecular weight excluding hydrogens is 226 g/mol. The van der Waals surface area contributed by atoms with E-state index in [2.05, 4.69) is 0 Å². The zero-order valence-electron chi connectivity index (χ0n) is 7.69. The monoisotopic (exact) mass is 235 g/mol. The van der Waals surface area contributed by atoms with Crippen LogP contribution in [-0.2, 0) is 10.1 Å². The van der Waals surface area contributed by atoms with Gasteiger partial charge in [0.2, 0.25) is 4.93 Å². The summed E-state index contributed by atoms with van der Waals surface area (Å²) >= 11 is 0. The second-order valence-corrected chi connectivity index (χ2v) is 4.80. The summed E-state index contributed by atoms with van der Waals surface area (Å²) in [6.07, 6.45) is 2.51. The third-order valence-corrected chi connectivity index (χ3v) is 3.52. The molecule has 0 aromatic rings. The first-order chi connectivity index (χ1) is 6.68. The first kappa shape index (κ1) is 11.8. The molecular formula is C7H9NO6S. The van der Waals surface area contributed by atoms with Crippen molar-refractivity contribution in [2.24, 2.45) is 5.92 Å². The highest BCUT2D eigenvalue weighted by atomic mass is 32.2. The van der Waals surface area contributed by atoms with Gasteiger partial charge in [-0.1, -0.05) is 6.92 Å². The largest absolute Gasteiger partial charge is 0.369 e. The van der Waals surface area contributed by atoms with Crippen LogP contribution >= 0.6 is 0 Å². The lowest BCUT2D eigenvalue weighted by Gasteiger charge is -2.27. The van der Waals surface area contributed by atoms with Gasteiger partial charge < -0.3 is 5.11 Å². The summed E-state index contributed by atoms with van der Waals surface area (Å²) in [7, 11) is -4.72. The minimum atomic E-state index is -4.72. The average molecular weight is 235 g/mol. The van der Waals surface area contributed by atoms with E-state index in [9.17, 15) is 23.6 Å². The Bertz CT molecular complexity index is 450. The summed E-state index contributed by atoms with van der Waals surface area (Å²) in [5.74, 6) is -1.10. The number of nitrogens with zero attached hydrogens (tertiary/aromatic N) is 1. The summed E-state index contributed by atoms with van der Waals surface area (Å²) in [6, 6.07) is 0. The van der Waals surface area contributed by atoms with Gasteiger partial charge in [0.25, 0.3) is 15.8 Å². The maximum atomic E-state index is 10.9. The average Bonchev–Trinajstić information content (AvgIpc) is 2.07. The molecule has 1 aliphatic rings. The summed E-state index contributed by atoms with van der Waals surface area (Å²) < 4.78 is 30.5. The summed E-state index contributed by atoms with van der Waals surface area (Å²) in [4.78, 5) is 7.15. The lowest BCUT2D eigenvalue weighted by Crippen LogP contribution is -2.43. The van der Waals surface area contributed by atoms with Gasteiger partial charge in [-0.25, -0.2) is 0 Å². The highest BCUT2D eigenvalue weighted by Crippen LogP contribution is 2.31. The molecule has 0 saturated heterocycles. The van der Waals surface area contributed by atoms with Crippen LogP contribution in [0, 0.1) is 16.0 Å². The molecule has 0 aromatic carbocycles. The Kier molecular flexibility index (Phi) is 2.68. The molecule has 2 atom stereocenters. The van der Waals surface area contributed by atoms with Crippen molar-refractivity contribution in [1.29, 1.82) is 0 Å². The molecule has 2 unspecified atom stereocenters. The maximum Gasteiger partial charge on any atom is 0.299 e. The van der Waals surface area contributed by atoms with E-state index in [1.165, 1.54) is 6.92 Å². The maximum absolute atomic E-state index is 10.9. The van der Waals surface area contributed by atoms with Gasteiger partial charge in [0.05, 0.1) is 4.92 Å². The van der Waals surface area contributed by atoms with Crippen LogP contribution in [0.2, 0.25) is 0 Å². The van der Waals surface area contributed by atoms with Gasteiger partial charge in [-0.05, 0) is 6.08 Å². The molecule has 0 spiro atoms. The molecule has 0 bridgehead atoms. The van der Waals surface area contributed by atoms with Gasteiger partial charge in [0.1, 0.15) is 0 Å². The van der Waals surface area contributed by atoms with E-state index >= 15 is 0 Å². The Labute approximate surface area is 85.6 Å². The molecule has 1 rings (SSSR count). The number of allylic oxidation sites excluding steroid dienone is 1. The predicted molar refractivity (Wildman–Crippen MR) is 49.9 cm³/mol. The Morgan fingerprint density at radius 3 is 2.47 bits per heavy atom. The van der Waals surface area contributed by atoms with Gasteiger partial charge in [0.15, 0.2) is 0 Å². The fraction of sp³-hybridized carbons (Fsp3) is 0.429. The minimum absolute atomic E-state index is 0.323. The quantitative estimate of drug-likeness (QED) is 0.393. The number of nitro groups is 1. The van der Waals surface area contributed by atoms with Crippen molar-refractivity contribution in [1.82, 2.24) is 0 Å². The van der Waals surface area contributed by atoms with Crippen LogP contribution in [0.5, 0.6) is 0 Å². The number of aliphatic hydroxyl groups is 1. The van der Waals surface area contributed by atoms with Crippen LogP contribution in [0.3, 0.4) is 0 Å². The lowest BCUT2D eigenvalue weighted by atomic mass is 9.98. The van der Waals surface area contributed by atoms with Crippen molar-refractivity contribution in [3.8, 4) is 0 Å². The predicted octanol–water partition coefficient (Wildman–Crippen LogP) is -0.0707. The summed E-state index contributed by atoms with van der Waals surface area (Å²) in [5.41, 5.74) is -0.323. The topological polar surface area (TPSA) is 118 Å². The molecule has 0 fully saturated rings. The number of rotatable bonds is 2. The van der Waals surface area contributed by atoms with Crippen molar-refractivity contribution in [2.45, 2.75) is 11.9 Å². The van der Waals surface area contributed by atoms with Crippen LogP contribution < -0.4 is 0 Å². The molecule has 0 aliphatic heterocycles. The summed E-state index contributed by atoms with van der Waals surface area (Å²) in [5, 5.41) is 19.9. The van der Waals surface area contributed by atoms with E-state index in [0.29, 0.717) is 6.08 Å². The van der Waals surface area contributed by atoms with E-state index < -0.39 is 25.9 Å². The Hall–Kier alpha value is -1.25.